The zero-order valence-corrected chi connectivity index (χ0v) is 13.8. The molecule has 1 aliphatic carbocycles. The Hall–Kier alpha value is -1.31. The van der Waals surface area contributed by atoms with Crippen molar-refractivity contribution in [3.05, 3.63) is 59.1 Å². The van der Waals surface area contributed by atoms with Crippen molar-refractivity contribution in [2.45, 2.75) is 44.6 Å². The lowest BCUT2D eigenvalue weighted by atomic mass is 9.69. The topological polar surface area (TPSA) is 20.2 Å². The number of halogens is 1. The lowest BCUT2D eigenvalue weighted by Gasteiger charge is -2.41. The summed E-state index contributed by atoms with van der Waals surface area (Å²) < 4.78 is 0. The van der Waals surface area contributed by atoms with E-state index in [1.54, 1.807) is 0 Å². The average molecular weight is 315 g/mol. The fourth-order valence-corrected chi connectivity index (χ4v) is 4.08. The van der Waals surface area contributed by atoms with E-state index >= 15 is 0 Å². The molecule has 0 bridgehead atoms. The van der Waals surface area contributed by atoms with E-state index < -0.39 is 5.60 Å². The third-order valence-corrected chi connectivity index (χ3v) is 5.29. The standard InChI is InChI=1S/C20H23ClO/c1-2-16-9-5-6-13-20(16,22)19-12-4-3-11-18(19)15-8-7-10-17(21)14-15/h3-4,7-8,10-12,14,16,22H,2,5-6,9,13H2,1H3. The second kappa shape index (κ2) is 6.44. The van der Waals surface area contributed by atoms with Crippen molar-refractivity contribution in [3.63, 3.8) is 0 Å². The van der Waals surface area contributed by atoms with Gasteiger partial charge in [0.25, 0.3) is 0 Å². The molecule has 2 heteroatoms. The summed E-state index contributed by atoms with van der Waals surface area (Å²) in [6, 6.07) is 16.2. The normalized spacial score (nSPS) is 25.1. The first-order valence-corrected chi connectivity index (χ1v) is 8.61. The Bertz CT molecular complexity index is 652. The molecule has 1 fully saturated rings. The van der Waals surface area contributed by atoms with Gasteiger partial charge in [-0.25, -0.2) is 0 Å². The molecule has 0 aromatic heterocycles. The number of aliphatic hydroxyl groups is 1. The van der Waals surface area contributed by atoms with Crippen LogP contribution >= 0.6 is 11.6 Å². The fraction of sp³-hybridized carbons (Fsp3) is 0.400. The second-order valence-electron chi connectivity index (χ2n) is 6.33. The highest BCUT2D eigenvalue weighted by Crippen LogP contribution is 2.46. The Labute approximate surface area is 137 Å². The van der Waals surface area contributed by atoms with Crippen molar-refractivity contribution < 1.29 is 5.11 Å². The summed E-state index contributed by atoms with van der Waals surface area (Å²) in [6.07, 6.45) is 5.29. The first-order chi connectivity index (χ1) is 10.6. The van der Waals surface area contributed by atoms with Gasteiger partial charge in [-0.15, -0.1) is 0 Å². The van der Waals surface area contributed by atoms with E-state index in [9.17, 15) is 5.11 Å². The van der Waals surface area contributed by atoms with Gasteiger partial charge in [0, 0.05) is 5.02 Å². The molecule has 0 aliphatic heterocycles. The third-order valence-electron chi connectivity index (χ3n) is 5.06. The highest BCUT2D eigenvalue weighted by Gasteiger charge is 2.40. The summed E-state index contributed by atoms with van der Waals surface area (Å²) >= 11 is 6.16. The number of hydrogen-bond donors (Lipinski definition) is 1. The van der Waals surface area contributed by atoms with E-state index in [2.05, 4.69) is 25.1 Å². The van der Waals surface area contributed by atoms with Crippen LogP contribution in [0.2, 0.25) is 5.02 Å². The molecular weight excluding hydrogens is 292 g/mol. The summed E-state index contributed by atoms with van der Waals surface area (Å²) in [5, 5.41) is 12.2. The van der Waals surface area contributed by atoms with Crippen LogP contribution in [0.15, 0.2) is 48.5 Å². The minimum Gasteiger partial charge on any atom is -0.385 e. The Morgan fingerprint density at radius 2 is 1.95 bits per heavy atom. The zero-order chi connectivity index (χ0) is 15.6. The van der Waals surface area contributed by atoms with Gasteiger partial charge < -0.3 is 5.11 Å². The molecule has 1 nitrogen and oxygen atoms in total. The SMILES string of the molecule is CCC1CCCCC1(O)c1ccccc1-c1cccc(Cl)c1. The molecule has 0 radical (unpaired) electrons. The molecule has 3 rings (SSSR count). The first kappa shape index (κ1) is 15.6. The molecule has 1 N–H and O–H groups in total. The highest BCUT2D eigenvalue weighted by atomic mass is 35.5. The van der Waals surface area contributed by atoms with E-state index in [4.69, 9.17) is 11.6 Å². The van der Waals surface area contributed by atoms with Crippen LogP contribution in [-0.4, -0.2) is 5.11 Å². The van der Waals surface area contributed by atoms with Gasteiger partial charge in [0.1, 0.15) is 0 Å². The molecule has 22 heavy (non-hydrogen) atoms. The van der Waals surface area contributed by atoms with E-state index in [0.717, 1.165) is 47.4 Å². The molecular formula is C20H23ClO. The quantitative estimate of drug-likeness (QED) is 0.759. The molecule has 1 aliphatic rings. The maximum atomic E-state index is 11.5. The van der Waals surface area contributed by atoms with E-state index in [1.165, 1.54) is 6.42 Å². The molecule has 0 heterocycles. The minimum atomic E-state index is -0.716. The van der Waals surface area contributed by atoms with E-state index in [0.29, 0.717) is 5.92 Å². The molecule has 2 aromatic rings. The van der Waals surface area contributed by atoms with Crippen molar-refractivity contribution in [2.75, 3.05) is 0 Å². The molecule has 0 amide bonds. The van der Waals surface area contributed by atoms with Gasteiger partial charge in [-0.3, -0.25) is 0 Å². The average Bonchev–Trinajstić information content (AvgIpc) is 2.55. The lowest BCUT2D eigenvalue weighted by Crippen LogP contribution is -2.38. The lowest BCUT2D eigenvalue weighted by molar-refractivity contribution is -0.0552. The molecule has 2 atom stereocenters. The van der Waals surface area contributed by atoms with Crippen LogP contribution in [0.25, 0.3) is 11.1 Å². The number of rotatable bonds is 3. The maximum Gasteiger partial charge on any atom is 0.0930 e. The Balaban J connectivity index is 2.11. The highest BCUT2D eigenvalue weighted by molar-refractivity contribution is 6.30. The van der Waals surface area contributed by atoms with Gasteiger partial charge in [-0.05, 0) is 47.6 Å². The zero-order valence-electron chi connectivity index (χ0n) is 13.1. The van der Waals surface area contributed by atoms with Crippen molar-refractivity contribution in [1.29, 1.82) is 0 Å². The monoisotopic (exact) mass is 314 g/mol. The van der Waals surface area contributed by atoms with Crippen molar-refractivity contribution in [1.82, 2.24) is 0 Å². The predicted molar refractivity (Wildman–Crippen MR) is 93.0 cm³/mol. The van der Waals surface area contributed by atoms with Crippen molar-refractivity contribution in [3.8, 4) is 11.1 Å². The summed E-state index contributed by atoms with van der Waals surface area (Å²) in [5.41, 5.74) is 2.53. The predicted octanol–water partition coefficient (Wildman–Crippen LogP) is 5.79. The third kappa shape index (κ3) is 2.80. The van der Waals surface area contributed by atoms with Crippen LogP contribution in [0.1, 0.15) is 44.6 Å². The van der Waals surface area contributed by atoms with Gasteiger partial charge in [0.15, 0.2) is 0 Å². The molecule has 2 aromatic carbocycles. The van der Waals surface area contributed by atoms with E-state index in [-0.39, 0.29) is 0 Å². The molecule has 0 saturated heterocycles. The van der Waals surface area contributed by atoms with Crippen LogP contribution in [0.3, 0.4) is 0 Å². The van der Waals surface area contributed by atoms with Crippen LogP contribution in [-0.2, 0) is 5.60 Å². The second-order valence-corrected chi connectivity index (χ2v) is 6.77. The van der Waals surface area contributed by atoms with Crippen LogP contribution in [0.5, 0.6) is 0 Å². The number of hydrogen-bond acceptors (Lipinski definition) is 1. The smallest absolute Gasteiger partial charge is 0.0930 e. The largest absolute Gasteiger partial charge is 0.385 e. The van der Waals surface area contributed by atoms with Gasteiger partial charge in [-0.1, -0.05) is 74.2 Å². The summed E-state index contributed by atoms with van der Waals surface area (Å²) in [7, 11) is 0. The Morgan fingerprint density at radius 3 is 2.73 bits per heavy atom. The van der Waals surface area contributed by atoms with Gasteiger partial charge in [0.2, 0.25) is 0 Å². The first-order valence-electron chi connectivity index (χ1n) is 8.23. The van der Waals surface area contributed by atoms with Crippen molar-refractivity contribution in [2.24, 2.45) is 5.92 Å². The Morgan fingerprint density at radius 1 is 1.14 bits per heavy atom. The minimum absolute atomic E-state index is 0.335. The molecule has 116 valence electrons. The Kier molecular flexibility index (Phi) is 4.56. The van der Waals surface area contributed by atoms with Gasteiger partial charge >= 0.3 is 0 Å². The molecule has 0 spiro atoms. The van der Waals surface area contributed by atoms with Gasteiger partial charge in [-0.2, -0.15) is 0 Å². The van der Waals surface area contributed by atoms with E-state index in [1.807, 2.05) is 30.3 Å². The fourth-order valence-electron chi connectivity index (χ4n) is 3.89. The van der Waals surface area contributed by atoms with Crippen LogP contribution in [0, 0.1) is 5.92 Å². The van der Waals surface area contributed by atoms with Crippen LogP contribution < -0.4 is 0 Å². The van der Waals surface area contributed by atoms with Gasteiger partial charge in [0.05, 0.1) is 5.60 Å². The summed E-state index contributed by atoms with van der Waals surface area (Å²) in [6.45, 7) is 2.18. The molecule has 2 unspecified atom stereocenters. The summed E-state index contributed by atoms with van der Waals surface area (Å²) in [4.78, 5) is 0. The maximum absolute atomic E-state index is 11.5. The number of benzene rings is 2. The van der Waals surface area contributed by atoms with Crippen molar-refractivity contribution >= 4 is 11.6 Å². The summed E-state index contributed by atoms with van der Waals surface area (Å²) in [5.74, 6) is 0.335. The van der Waals surface area contributed by atoms with Crippen LogP contribution in [0.4, 0.5) is 0 Å². The molecule has 1 saturated carbocycles.